The summed E-state index contributed by atoms with van der Waals surface area (Å²) in [6.07, 6.45) is 3.63. The molecule has 0 bridgehead atoms. The largest absolute Gasteiger partial charge is 0.494 e. The lowest BCUT2D eigenvalue weighted by atomic mass is 10.0. The van der Waals surface area contributed by atoms with Crippen molar-refractivity contribution in [1.82, 2.24) is 4.98 Å². The Bertz CT molecular complexity index is 552. The minimum atomic E-state index is -0.272. The number of methoxy groups -OCH3 is 1. The third-order valence-electron chi connectivity index (χ3n) is 2.62. The summed E-state index contributed by atoms with van der Waals surface area (Å²) >= 11 is 0. The van der Waals surface area contributed by atoms with Crippen LogP contribution in [0.4, 0.5) is 4.39 Å². The van der Waals surface area contributed by atoms with Crippen molar-refractivity contribution in [3.8, 4) is 5.75 Å². The first-order valence-electron chi connectivity index (χ1n) is 5.51. The maximum atomic E-state index is 12.8. The molecule has 0 atom stereocenters. The Morgan fingerprint density at radius 2 is 2.00 bits per heavy atom. The summed E-state index contributed by atoms with van der Waals surface area (Å²) in [6.45, 7) is 0. The van der Waals surface area contributed by atoms with Gasteiger partial charge in [0.15, 0.2) is 0 Å². The molecule has 3 nitrogen and oxygen atoms in total. The molecule has 0 spiro atoms. The van der Waals surface area contributed by atoms with Gasteiger partial charge < -0.3 is 10.1 Å². The van der Waals surface area contributed by atoms with Gasteiger partial charge in [-0.2, -0.15) is 0 Å². The first-order chi connectivity index (χ1) is 8.70. The van der Waals surface area contributed by atoms with Crippen LogP contribution in [0, 0.1) is 11.2 Å². The van der Waals surface area contributed by atoms with Crippen LogP contribution in [-0.4, -0.2) is 17.8 Å². The smallest absolute Gasteiger partial charge is 0.146 e. The summed E-state index contributed by atoms with van der Waals surface area (Å²) in [7, 11) is 1.55. The molecule has 0 aliphatic carbocycles. The second-order valence-electron chi connectivity index (χ2n) is 3.86. The maximum Gasteiger partial charge on any atom is 0.146 e. The van der Waals surface area contributed by atoms with Crippen LogP contribution < -0.4 is 4.74 Å². The summed E-state index contributed by atoms with van der Waals surface area (Å²) < 4.78 is 17.9. The molecule has 0 aliphatic heterocycles. The van der Waals surface area contributed by atoms with E-state index in [0.717, 1.165) is 5.56 Å². The molecule has 4 heteroatoms. The Morgan fingerprint density at radius 1 is 1.28 bits per heavy atom. The number of benzene rings is 1. The standard InChI is InChI=1S/C14H13FN2O/c1-18-14-9-17-7-6-12(14)13(16)8-10-2-4-11(15)5-3-10/h2-7,9,16H,8H2,1H3. The Kier molecular flexibility index (Phi) is 3.67. The fraction of sp³-hybridized carbons (Fsp3) is 0.143. The molecule has 0 saturated carbocycles. The van der Waals surface area contributed by atoms with E-state index >= 15 is 0 Å². The topological polar surface area (TPSA) is 46.0 Å². The van der Waals surface area contributed by atoms with Crippen LogP contribution >= 0.6 is 0 Å². The van der Waals surface area contributed by atoms with Crippen molar-refractivity contribution >= 4 is 5.71 Å². The summed E-state index contributed by atoms with van der Waals surface area (Å²) in [4.78, 5) is 3.95. The van der Waals surface area contributed by atoms with Gasteiger partial charge in [-0.15, -0.1) is 0 Å². The monoisotopic (exact) mass is 244 g/mol. The first-order valence-corrected chi connectivity index (χ1v) is 5.51. The number of halogens is 1. The van der Waals surface area contributed by atoms with Gasteiger partial charge in [-0.05, 0) is 23.8 Å². The highest BCUT2D eigenvalue weighted by Gasteiger charge is 2.09. The Hall–Kier alpha value is -2.23. The number of nitrogens with one attached hydrogen (secondary N) is 1. The third-order valence-corrected chi connectivity index (χ3v) is 2.62. The second kappa shape index (κ2) is 5.40. The highest BCUT2D eigenvalue weighted by atomic mass is 19.1. The van der Waals surface area contributed by atoms with Gasteiger partial charge in [0, 0.05) is 23.9 Å². The lowest BCUT2D eigenvalue weighted by Crippen LogP contribution is -2.06. The second-order valence-corrected chi connectivity index (χ2v) is 3.86. The van der Waals surface area contributed by atoms with Crippen molar-refractivity contribution in [2.75, 3.05) is 7.11 Å². The van der Waals surface area contributed by atoms with Gasteiger partial charge in [-0.1, -0.05) is 12.1 Å². The van der Waals surface area contributed by atoms with E-state index in [1.165, 1.54) is 12.1 Å². The predicted molar refractivity (Wildman–Crippen MR) is 67.7 cm³/mol. The minimum Gasteiger partial charge on any atom is -0.494 e. The number of rotatable bonds is 4. The van der Waals surface area contributed by atoms with Gasteiger partial charge in [0.2, 0.25) is 0 Å². The van der Waals surface area contributed by atoms with Gasteiger partial charge >= 0.3 is 0 Å². The SMILES string of the molecule is COc1cnccc1C(=N)Cc1ccc(F)cc1. The zero-order chi connectivity index (χ0) is 13.0. The fourth-order valence-corrected chi connectivity index (χ4v) is 1.69. The summed E-state index contributed by atoms with van der Waals surface area (Å²) in [6, 6.07) is 7.89. The zero-order valence-corrected chi connectivity index (χ0v) is 9.98. The van der Waals surface area contributed by atoms with Crippen LogP contribution in [-0.2, 0) is 6.42 Å². The number of ether oxygens (including phenoxy) is 1. The van der Waals surface area contributed by atoms with Crippen molar-refractivity contribution in [3.05, 3.63) is 59.7 Å². The minimum absolute atomic E-state index is 0.272. The molecule has 1 aromatic heterocycles. The van der Waals surface area contributed by atoms with E-state index < -0.39 is 0 Å². The average molecular weight is 244 g/mol. The molecule has 1 heterocycles. The molecular formula is C14H13FN2O. The molecule has 0 amide bonds. The Morgan fingerprint density at radius 3 is 2.67 bits per heavy atom. The number of nitrogens with zero attached hydrogens (tertiary/aromatic N) is 1. The molecular weight excluding hydrogens is 231 g/mol. The van der Waals surface area contributed by atoms with Crippen molar-refractivity contribution in [1.29, 1.82) is 5.41 Å². The number of pyridine rings is 1. The number of aromatic nitrogens is 1. The zero-order valence-electron chi connectivity index (χ0n) is 9.98. The van der Waals surface area contributed by atoms with Crippen LogP contribution in [0.1, 0.15) is 11.1 Å². The van der Waals surface area contributed by atoms with Gasteiger partial charge in [0.1, 0.15) is 11.6 Å². The number of hydrogen-bond acceptors (Lipinski definition) is 3. The van der Waals surface area contributed by atoms with Crippen LogP contribution in [0.3, 0.4) is 0 Å². The first kappa shape index (κ1) is 12.2. The molecule has 92 valence electrons. The van der Waals surface area contributed by atoms with Crippen molar-refractivity contribution in [3.63, 3.8) is 0 Å². The molecule has 2 aromatic rings. The van der Waals surface area contributed by atoms with E-state index in [4.69, 9.17) is 10.1 Å². The van der Waals surface area contributed by atoms with Gasteiger partial charge in [-0.25, -0.2) is 4.39 Å². The number of hydrogen-bond donors (Lipinski definition) is 1. The summed E-state index contributed by atoms with van der Waals surface area (Å²) in [5.41, 5.74) is 2.01. The molecule has 1 N–H and O–H groups in total. The van der Waals surface area contributed by atoms with Crippen LogP contribution in [0.2, 0.25) is 0 Å². The predicted octanol–water partition coefficient (Wildman–Crippen LogP) is 2.84. The van der Waals surface area contributed by atoms with Gasteiger partial charge in [-0.3, -0.25) is 4.98 Å². The van der Waals surface area contributed by atoms with Crippen LogP contribution in [0.25, 0.3) is 0 Å². The highest BCUT2D eigenvalue weighted by molar-refractivity contribution is 6.01. The van der Waals surface area contributed by atoms with Crippen molar-refractivity contribution in [2.45, 2.75) is 6.42 Å². The highest BCUT2D eigenvalue weighted by Crippen LogP contribution is 2.18. The average Bonchev–Trinajstić information content (AvgIpc) is 2.41. The molecule has 18 heavy (non-hydrogen) atoms. The lowest BCUT2D eigenvalue weighted by Gasteiger charge is -2.09. The Balaban J connectivity index is 2.19. The normalized spacial score (nSPS) is 10.1. The molecule has 2 rings (SSSR count). The van der Waals surface area contributed by atoms with Crippen LogP contribution in [0.5, 0.6) is 5.75 Å². The van der Waals surface area contributed by atoms with Crippen molar-refractivity contribution < 1.29 is 9.13 Å². The van der Waals surface area contributed by atoms with Crippen LogP contribution in [0.15, 0.2) is 42.7 Å². The van der Waals surface area contributed by atoms with E-state index in [2.05, 4.69) is 4.98 Å². The third kappa shape index (κ3) is 2.71. The van der Waals surface area contributed by atoms with Gasteiger partial charge in [0.25, 0.3) is 0 Å². The van der Waals surface area contributed by atoms with E-state index in [0.29, 0.717) is 23.4 Å². The molecule has 0 radical (unpaired) electrons. The Labute approximate surface area is 105 Å². The maximum absolute atomic E-state index is 12.8. The molecule has 1 aromatic carbocycles. The lowest BCUT2D eigenvalue weighted by molar-refractivity contribution is 0.412. The van der Waals surface area contributed by atoms with E-state index in [1.54, 1.807) is 37.7 Å². The van der Waals surface area contributed by atoms with Crippen molar-refractivity contribution in [2.24, 2.45) is 0 Å². The molecule has 0 aliphatic rings. The quantitative estimate of drug-likeness (QED) is 0.840. The van der Waals surface area contributed by atoms with Gasteiger partial charge in [0.05, 0.1) is 13.3 Å². The van der Waals surface area contributed by atoms with E-state index in [1.807, 2.05) is 0 Å². The van der Waals surface area contributed by atoms with E-state index in [-0.39, 0.29) is 5.82 Å². The summed E-state index contributed by atoms with van der Waals surface area (Å²) in [5, 5.41) is 8.06. The van der Waals surface area contributed by atoms with E-state index in [9.17, 15) is 4.39 Å². The molecule has 0 fully saturated rings. The molecule has 0 unspecified atom stereocenters. The molecule has 0 saturated heterocycles. The summed E-state index contributed by atoms with van der Waals surface area (Å²) in [5.74, 6) is 0.302. The fourth-order valence-electron chi connectivity index (χ4n) is 1.69.